The summed E-state index contributed by atoms with van der Waals surface area (Å²) in [5.41, 5.74) is 13.6. The summed E-state index contributed by atoms with van der Waals surface area (Å²) < 4.78 is 2.49. The van der Waals surface area contributed by atoms with Crippen LogP contribution >= 0.6 is 0 Å². The maximum atomic E-state index is 5.15. The lowest BCUT2D eigenvalue weighted by molar-refractivity contribution is 1.08. The molecule has 0 bridgehead atoms. The van der Waals surface area contributed by atoms with Crippen molar-refractivity contribution >= 4 is 65.2 Å². The second-order valence-electron chi connectivity index (χ2n) is 15.2. The molecule has 5 nitrogen and oxygen atoms in total. The molecule has 0 saturated carbocycles. The molecule has 0 aliphatic heterocycles. The molecule has 0 fully saturated rings. The van der Waals surface area contributed by atoms with Crippen LogP contribution in [-0.4, -0.2) is 24.5 Å². The molecule has 1 N–H and O–H groups in total. The maximum absolute atomic E-state index is 5.15. The smallest absolute Gasteiger partial charge is 0.164 e. The third-order valence-corrected chi connectivity index (χ3v) is 12.1. The Balaban J connectivity index is 1.15. The lowest BCUT2D eigenvalue weighted by atomic mass is 9.91. The number of para-hydroxylation sites is 1. The lowest BCUT2D eigenvalue weighted by Gasteiger charge is -2.17. The number of hydrogen-bond acceptors (Lipinski definition) is 3. The van der Waals surface area contributed by atoms with Gasteiger partial charge < -0.3 is 9.55 Å². The first-order valence-electron chi connectivity index (χ1n) is 19.7. The summed E-state index contributed by atoms with van der Waals surface area (Å²) in [6.45, 7) is 0. The number of aromatic amines is 1. The summed E-state index contributed by atoms with van der Waals surface area (Å²) in [5, 5.41) is 9.79. The molecule has 268 valence electrons. The van der Waals surface area contributed by atoms with E-state index in [0.717, 1.165) is 44.2 Å². The fraction of sp³-hybridized carbons (Fsp3) is 0. The van der Waals surface area contributed by atoms with Gasteiger partial charge in [-0.15, -0.1) is 0 Å². The fourth-order valence-corrected chi connectivity index (χ4v) is 9.66. The van der Waals surface area contributed by atoms with E-state index in [1.54, 1.807) is 0 Å². The number of aromatic nitrogens is 5. The van der Waals surface area contributed by atoms with Crippen molar-refractivity contribution in [3.05, 3.63) is 182 Å². The number of benzene rings is 9. The Bertz CT molecular complexity index is 3610. The van der Waals surface area contributed by atoms with Crippen LogP contribution < -0.4 is 0 Å². The van der Waals surface area contributed by atoms with Crippen LogP contribution in [0, 0.1) is 0 Å². The molecule has 1 aliphatic carbocycles. The highest BCUT2D eigenvalue weighted by Gasteiger charge is 2.28. The Morgan fingerprint density at radius 2 is 1.00 bits per heavy atom. The number of rotatable bonds is 4. The van der Waals surface area contributed by atoms with Gasteiger partial charge in [0, 0.05) is 60.2 Å². The number of fused-ring (bicyclic) bond motifs is 8. The standard InChI is InChI=1S/C53H31N5/c1-3-14-32(15-4-1)51-55-52(33-16-5-2-6-17-33)57-53(56-51)39-27-29-43(36-21-9-7-19-34(36)39)58-44-28-26-31-18-13-24-37-35-20-8-10-22-38(35)48-47-40-23-11-12-25-41(40)54-42(47)30-45(58)50(48)49(44)46(31)37/h1-30,54H. The van der Waals surface area contributed by atoms with Crippen LogP contribution in [0.3, 0.4) is 0 Å². The first kappa shape index (κ1) is 31.3. The molecule has 3 aromatic heterocycles. The van der Waals surface area contributed by atoms with Gasteiger partial charge in [-0.1, -0.05) is 152 Å². The molecule has 0 atom stereocenters. The summed E-state index contributed by atoms with van der Waals surface area (Å²) in [6.07, 6.45) is 0. The van der Waals surface area contributed by atoms with Crippen molar-refractivity contribution in [2.75, 3.05) is 0 Å². The van der Waals surface area contributed by atoms with Crippen LogP contribution in [0.4, 0.5) is 0 Å². The lowest BCUT2D eigenvalue weighted by Crippen LogP contribution is -2.02. The van der Waals surface area contributed by atoms with Crippen LogP contribution in [0.25, 0.3) is 127 Å². The molecular formula is C53H31N5. The molecule has 0 radical (unpaired) electrons. The molecule has 0 unspecified atom stereocenters. The quantitative estimate of drug-likeness (QED) is 0.196. The van der Waals surface area contributed by atoms with E-state index >= 15 is 0 Å². The van der Waals surface area contributed by atoms with Gasteiger partial charge in [0.25, 0.3) is 0 Å². The van der Waals surface area contributed by atoms with Gasteiger partial charge in [0.2, 0.25) is 0 Å². The Hall–Kier alpha value is -7.89. The number of H-pyrrole nitrogens is 1. The summed E-state index contributed by atoms with van der Waals surface area (Å²) >= 11 is 0. The first-order valence-corrected chi connectivity index (χ1v) is 19.7. The number of hydrogen-bond donors (Lipinski definition) is 1. The molecule has 58 heavy (non-hydrogen) atoms. The fourth-order valence-electron chi connectivity index (χ4n) is 9.66. The Morgan fingerprint density at radius 3 is 1.78 bits per heavy atom. The van der Waals surface area contributed by atoms with Crippen molar-refractivity contribution in [3.63, 3.8) is 0 Å². The summed E-state index contributed by atoms with van der Waals surface area (Å²) in [4.78, 5) is 19.1. The van der Waals surface area contributed by atoms with Crippen LogP contribution in [0.1, 0.15) is 0 Å². The summed E-state index contributed by atoms with van der Waals surface area (Å²) in [7, 11) is 0. The molecule has 3 heterocycles. The van der Waals surface area contributed by atoms with Gasteiger partial charge in [-0.3, -0.25) is 0 Å². The van der Waals surface area contributed by atoms with Crippen molar-refractivity contribution < 1.29 is 0 Å². The molecule has 13 rings (SSSR count). The molecule has 12 aromatic rings. The Kier molecular flexibility index (Phi) is 6.38. The molecule has 1 aliphatic rings. The number of nitrogens with one attached hydrogen (secondary N) is 1. The highest BCUT2D eigenvalue weighted by molar-refractivity contribution is 6.36. The van der Waals surface area contributed by atoms with E-state index in [1.807, 2.05) is 36.4 Å². The zero-order valence-corrected chi connectivity index (χ0v) is 31.1. The predicted molar refractivity (Wildman–Crippen MR) is 239 cm³/mol. The highest BCUT2D eigenvalue weighted by atomic mass is 15.0. The average molecular weight is 738 g/mol. The van der Waals surface area contributed by atoms with E-state index in [9.17, 15) is 0 Å². The van der Waals surface area contributed by atoms with Crippen molar-refractivity contribution in [3.8, 4) is 62.1 Å². The van der Waals surface area contributed by atoms with Gasteiger partial charge in [0.05, 0.1) is 16.7 Å². The second-order valence-corrected chi connectivity index (χ2v) is 15.2. The van der Waals surface area contributed by atoms with Gasteiger partial charge >= 0.3 is 0 Å². The first-order chi connectivity index (χ1) is 28.8. The monoisotopic (exact) mass is 737 g/mol. The molecule has 0 saturated heterocycles. The molecule has 0 amide bonds. The molecule has 5 heteroatoms. The highest BCUT2D eigenvalue weighted by Crippen LogP contribution is 2.53. The van der Waals surface area contributed by atoms with Gasteiger partial charge in [0.1, 0.15) is 0 Å². The second kappa shape index (κ2) is 11.8. The van der Waals surface area contributed by atoms with E-state index in [4.69, 9.17) is 15.0 Å². The number of nitrogens with zero attached hydrogens (tertiary/aromatic N) is 4. The topological polar surface area (TPSA) is 59.4 Å². The van der Waals surface area contributed by atoms with E-state index in [-0.39, 0.29) is 0 Å². The normalized spacial score (nSPS) is 12.1. The van der Waals surface area contributed by atoms with E-state index in [2.05, 4.69) is 155 Å². The zero-order valence-electron chi connectivity index (χ0n) is 31.1. The third-order valence-electron chi connectivity index (χ3n) is 12.1. The van der Waals surface area contributed by atoms with Crippen molar-refractivity contribution in [2.45, 2.75) is 0 Å². The van der Waals surface area contributed by atoms with Crippen molar-refractivity contribution in [2.24, 2.45) is 0 Å². The SMILES string of the molecule is c1ccc(-c2nc(-c3ccccc3)nc(-c3ccc(-n4c5cc6[nH]c7ccccc7c6c6c5c5c7c(cccc7ccc54)-c4ccccc4-6)c4ccccc34)n2)cc1. The molecule has 0 spiro atoms. The van der Waals surface area contributed by atoms with E-state index < -0.39 is 0 Å². The zero-order chi connectivity index (χ0) is 37.9. The summed E-state index contributed by atoms with van der Waals surface area (Å²) in [5.74, 6) is 1.93. The largest absolute Gasteiger partial charge is 0.354 e. The van der Waals surface area contributed by atoms with Crippen LogP contribution in [0.15, 0.2) is 182 Å². The third kappa shape index (κ3) is 4.33. The average Bonchev–Trinajstić information content (AvgIpc) is 3.79. The molecular weight excluding hydrogens is 707 g/mol. The van der Waals surface area contributed by atoms with Crippen molar-refractivity contribution in [1.82, 2.24) is 24.5 Å². The van der Waals surface area contributed by atoms with E-state index in [1.165, 1.54) is 65.6 Å². The van der Waals surface area contributed by atoms with Gasteiger partial charge in [-0.25, -0.2) is 15.0 Å². The minimum Gasteiger partial charge on any atom is -0.354 e. The van der Waals surface area contributed by atoms with Crippen LogP contribution in [0.2, 0.25) is 0 Å². The van der Waals surface area contributed by atoms with Crippen molar-refractivity contribution in [1.29, 1.82) is 0 Å². The summed E-state index contributed by atoms with van der Waals surface area (Å²) in [6, 6.07) is 64.9. The van der Waals surface area contributed by atoms with Gasteiger partial charge in [0.15, 0.2) is 17.5 Å². The van der Waals surface area contributed by atoms with Crippen LogP contribution in [-0.2, 0) is 0 Å². The van der Waals surface area contributed by atoms with Gasteiger partial charge in [-0.2, -0.15) is 0 Å². The Morgan fingerprint density at radius 1 is 0.362 bits per heavy atom. The van der Waals surface area contributed by atoms with Gasteiger partial charge in [-0.05, 0) is 63.2 Å². The van der Waals surface area contributed by atoms with E-state index in [0.29, 0.717) is 17.5 Å². The molecule has 9 aromatic carbocycles. The predicted octanol–water partition coefficient (Wildman–Crippen LogP) is 13.6. The maximum Gasteiger partial charge on any atom is 0.164 e. The minimum absolute atomic E-state index is 0.640. The minimum atomic E-state index is 0.640. The Labute approximate surface area is 332 Å². The van der Waals surface area contributed by atoms with Crippen LogP contribution in [0.5, 0.6) is 0 Å².